The van der Waals surface area contributed by atoms with Crippen LogP contribution in [0.1, 0.15) is 61.7 Å². The average Bonchev–Trinajstić information content (AvgIpc) is 3.13. The molecule has 4 aliphatic carbocycles. The van der Waals surface area contributed by atoms with Crippen molar-refractivity contribution in [2.75, 3.05) is 13.1 Å². The van der Waals surface area contributed by atoms with E-state index in [2.05, 4.69) is 9.97 Å². The van der Waals surface area contributed by atoms with E-state index in [-0.39, 0.29) is 41.3 Å². The quantitative estimate of drug-likeness (QED) is 0.844. The molecule has 156 valence electrons. The van der Waals surface area contributed by atoms with Crippen molar-refractivity contribution in [3.05, 3.63) is 23.3 Å². The molecule has 0 spiro atoms. The molecule has 29 heavy (non-hydrogen) atoms. The van der Waals surface area contributed by atoms with Gasteiger partial charge in [-0.25, -0.2) is 14.8 Å². The molecule has 7 heteroatoms. The largest absolute Gasteiger partial charge is 0.446 e. The van der Waals surface area contributed by atoms with Crippen LogP contribution in [0.4, 0.5) is 4.79 Å². The second-order valence-electron chi connectivity index (χ2n) is 9.90. The van der Waals surface area contributed by atoms with E-state index in [0.717, 1.165) is 55.7 Å². The van der Waals surface area contributed by atoms with Gasteiger partial charge < -0.3 is 15.4 Å². The first kappa shape index (κ1) is 18.8. The molecular weight excluding hydrogens is 368 g/mol. The normalized spacial score (nSPS) is 37.7. The predicted molar refractivity (Wildman–Crippen MR) is 106 cm³/mol. The number of amides is 2. The molecular formula is C22H30N4O3. The molecule has 6 rings (SSSR count). The number of aromatic nitrogens is 2. The molecule has 4 saturated carbocycles. The zero-order chi connectivity index (χ0) is 20.3. The molecule has 5 fully saturated rings. The Kier molecular flexibility index (Phi) is 4.33. The van der Waals surface area contributed by atoms with E-state index in [1.165, 1.54) is 0 Å². The van der Waals surface area contributed by atoms with Gasteiger partial charge in [-0.2, -0.15) is 0 Å². The molecule has 0 aromatic carbocycles. The standard InChI is InChI=1S/C22H30N4O3/c1-12-5-13(2)25-19(24-12)15-3-4-26(11-15)21(28)29-18-16-6-14-7-17(18)10-22(8-14,9-16)20(23)27/h5,14-18H,3-4,6-11H2,1-2H3,(H2,23,27)/t14?,15?,16-,17?,18?,22-/m0/s1. The van der Waals surface area contributed by atoms with Gasteiger partial charge in [0.25, 0.3) is 0 Å². The number of carbonyl (C=O) groups is 2. The second-order valence-corrected chi connectivity index (χ2v) is 9.90. The Morgan fingerprint density at radius 2 is 1.79 bits per heavy atom. The third kappa shape index (κ3) is 3.19. The summed E-state index contributed by atoms with van der Waals surface area (Å²) < 4.78 is 6.06. The van der Waals surface area contributed by atoms with Gasteiger partial charge in [-0.15, -0.1) is 0 Å². The summed E-state index contributed by atoms with van der Waals surface area (Å²) in [5.41, 5.74) is 7.34. The maximum Gasteiger partial charge on any atom is 0.410 e. The zero-order valence-corrected chi connectivity index (χ0v) is 17.3. The van der Waals surface area contributed by atoms with Crippen LogP contribution < -0.4 is 5.73 Å². The summed E-state index contributed by atoms with van der Waals surface area (Å²) >= 11 is 0. The third-order valence-electron chi connectivity index (χ3n) is 7.76. The number of nitrogens with zero attached hydrogens (tertiary/aromatic N) is 3. The molecule has 1 aliphatic heterocycles. The highest BCUT2D eigenvalue weighted by Crippen LogP contribution is 2.60. The van der Waals surface area contributed by atoms with E-state index in [9.17, 15) is 9.59 Å². The Labute approximate surface area is 171 Å². The van der Waals surface area contributed by atoms with Crippen LogP contribution in [0.2, 0.25) is 0 Å². The molecule has 2 N–H and O–H groups in total. The summed E-state index contributed by atoms with van der Waals surface area (Å²) in [6.45, 7) is 5.24. The number of rotatable bonds is 3. The average molecular weight is 399 g/mol. The summed E-state index contributed by atoms with van der Waals surface area (Å²) in [5.74, 6) is 1.96. The number of carbonyl (C=O) groups excluding carboxylic acids is 2. The van der Waals surface area contributed by atoms with Gasteiger partial charge in [-0.1, -0.05) is 0 Å². The van der Waals surface area contributed by atoms with Gasteiger partial charge >= 0.3 is 6.09 Å². The van der Waals surface area contributed by atoms with Crippen molar-refractivity contribution < 1.29 is 14.3 Å². The summed E-state index contributed by atoms with van der Waals surface area (Å²) in [4.78, 5) is 36.0. The van der Waals surface area contributed by atoms with E-state index in [4.69, 9.17) is 10.5 Å². The molecule has 1 aromatic rings. The van der Waals surface area contributed by atoms with Crippen molar-refractivity contribution in [2.24, 2.45) is 28.9 Å². The minimum atomic E-state index is -0.349. The van der Waals surface area contributed by atoms with Gasteiger partial charge in [0.2, 0.25) is 5.91 Å². The Morgan fingerprint density at radius 3 is 2.41 bits per heavy atom. The maximum atomic E-state index is 12.9. The fraction of sp³-hybridized carbons (Fsp3) is 0.727. The number of nitrogens with two attached hydrogens (primary N) is 1. The highest BCUT2D eigenvalue weighted by Gasteiger charge is 2.59. The molecule has 2 heterocycles. The van der Waals surface area contributed by atoms with Crippen LogP contribution in [0.5, 0.6) is 0 Å². The molecule has 7 nitrogen and oxygen atoms in total. The Morgan fingerprint density at radius 1 is 1.14 bits per heavy atom. The maximum absolute atomic E-state index is 12.9. The summed E-state index contributed by atoms with van der Waals surface area (Å²) in [7, 11) is 0. The van der Waals surface area contributed by atoms with E-state index in [1.807, 2.05) is 19.9 Å². The van der Waals surface area contributed by atoms with Crippen LogP contribution >= 0.6 is 0 Å². The monoisotopic (exact) mass is 398 g/mol. The van der Waals surface area contributed by atoms with Crippen molar-refractivity contribution in [2.45, 2.75) is 64.4 Å². The number of aryl methyl sites for hydroxylation is 2. The molecule has 0 radical (unpaired) electrons. The lowest BCUT2D eigenvalue weighted by atomic mass is 9.48. The molecule has 4 unspecified atom stereocenters. The Balaban J connectivity index is 1.24. The predicted octanol–water partition coefficient (Wildman–Crippen LogP) is 2.70. The fourth-order valence-corrected chi connectivity index (χ4v) is 6.74. The van der Waals surface area contributed by atoms with Gasteiger partial charge in [0, 0.05) is 30.4 Å². The van der Waals surface area contributed by atoms with Crippen LogP contribution in [-0.2, 0) is 9.53 Å². The van der Waals surface area contributed by atoms with Gasteiger partial charge in [-0.05, 0) is 76.2 Å². The topological polar surface area (TPSA) is 98.4 Å². The highest BCUT2D eigenvalue weighted by atomic mass is 16.6. The van der Waals surface area contributed by atoms with Crippen LogP contribution in [-0.4, -0.2) is 46.1 Å². The first-order valence-corrected chi connectivity index (χ1v) is 10.9. The van der Waals surface area contributed by atoms with E-state index in [1.54, 1.807) is 4.90 Å². The van der Waals surface area contributed by atoms with Crippen molar-refractivity contribution in [3.8, 4) is 0 Å². The lowest BCUT2D eigenvalue weighted by molar-refractivity contribution is -0.161. The van der Waals surface area contributed by atoms with E-state index in [0.29, 0.717) is 19.0 Å². The van der Waals surface area contributed by atoms with Crippen LogP contribution in [0, 0.1) is 37.0 Å². The molecule has 1 saturated heterocycles. The van der Waals surface area contributed by atoms with Gasteiger partial charge in [0.1, 0.15) is 11.9 Å². The van der Waals surface area contributed by atoms with Gasteiger partial charge in [0.15, 0.2) is 0 Å². The third-order valence-corrected chi connectivity index (χ3v) is 7.76. The number of hydrogen-bond acceptors (Lipinski definition) is 5. The number of primary amides is 1. The number of ether oxygens (including phenoxy) is 1. The second kappa shape index (κ2) is 6.67. The lowest BCUT2D eigenvalue weighted by Crippen LogP contribution is -2.59. The smallest absolute Gasteiger partial charge is 0.410 e. The van der Waals surface area contributed by atoms with Crippen LogP contribution in [0.25, 0.3) is 0 Å². The summed E-state index contributed by atoms with van der Waals surface area (Å²) in [6, 6.07) is 1.97. The van der Waals surface area contributed by atoms with Crippen molar-refractivity contribution >= 4 is 12.0 Å². The van der Waals surface area contributed by atoms with E-state index >= 15 is 0 Å². The molecule has 2 amide bonds. The summed E-state index contributed by atoms with van der Waals surface area (Å²) in [6.07, 6.45) is 5.19. The fourth-order valence-electron chi connectivity index (χ4n) is 6.74. The molecule has 1 aromatic heterocycles. The van der Waals surface area contributed by atoms with Gasteiger partial charge in [-0.3, -0.25) is 4.79 Å². The van der Waals surface area contributed by atoms with Gasteiger partial charge in [0.05, 0.1) is 5.41 Å². The van der Waals surface area contributed by atoms with Crippen molar-refractivity contribution in [1.82, 2.24) is 14.9 Å². The minimum Gasteiger partial charge on any atom is -0.446 e. The van der Waals surface area contributed by atoms with Crippen molar-refractivity contribution in [3.63, 3.8) is 0 Å². The number of hydrogen-bond donors (Lipinski definition) is 1. The first-order chi connectivity index (χ1) is 13.8. The van der Waals surface area contributed by atoms with Crippen LogP contribution in [0.15, 0.2) is 6.07 Å². The first-order valence-electron chi connectivity index (χ1n) is 10.9. The Bertz CT molecular complexity index is 820. The van der Waals surface area contributed by atoms with Crippen molar-refractivity contribution in [1.29, 1.82) is 0 Å². The lowest BCUT2D eigenvalue weighted by Gasteiger charge is -2.58. The molecule has 4 bridgehead atoms. The van der Waals surface area contributed by atoms with Crippen LogP contribution in [0.3, 0.4) is 0 Å². The zero-order valence-electron chi connectivity index (χ0n) is 17.3. The SMILES string of the molecule is Cc1cc(C)nc(C2CCN(C(=O)OC3C4CC5C[C@H]3C[C@@](C(N)=O)(C5)C4)C2)n1. The number of likely N-dealkylation sites (tertiary alicyclic amines) is 1. The van der Waals surface area contributed by atoms with E-state index < -0.39 is 0 Å². The molecule has 6 atom stereocenters. The molecule has 5 aliphatic rings. The summed E-state index contributed by atoms with van der Waals surface area (Å²) in [5, 5.41) is 0. The Hall–Kier alpha value is -2.18. The minimum absolute atomic E-state index is 0.0666. The highest BCUT2D eigenvalue weighted by molar-refractivity contribution is 5.81.